The Kier molecular flexibility index (Phi) is 13.5. The van der Waals surface area contributed by atoms with Gasteiger partial charge in [0.1, 0.15) is 27.3 Å². The van der Waals surface area contributed by atoms with Crippen LogP contribution in [0.15, 0.2) is 61.5 Å². The van der Waals surface area contributed by atoms with Crippen molar-refractivity contribution in [2.24, 2.45) is 15.3 Å². The molecule has 3 rings (SSSR count). The van der Waals surface area contributed by atoms with Gasteiger partial charge in [-0.3, -0.25) is 8.98 Å². The Balaban J connectivity index is 0.00000420. The molecule has 1 unspecified atom stereocenters. The van der Waals surface area contributed by atoms with E-state index in [0.717, 1.165) is 36.4 Å². The zero-order valence-electron chi connectivity index (χ0n) is 22.4. The second kappa shape index (κ2) is 14.8. The fourth-order valence-electron chi connectivity index (χ4n) is 3.28. The molecule has 2 aromatic carbocycles. The third-order valence-corrected chi connectivity index (χ3v) is 8.14. The molecule has 0 spiro atoms. The van der Waals surface area contributed by atoms with Gasteiger partial charge in [0.25, 0.3) is 5.91 Å². The van der Waals surface area contributed by atoms with Crippen LogP contribution in [0.2, 0.25) is 0 Å². The first kappa shape index (κ1) is 37.5. The molecule has 41 heavy (non-hydrogen) atoms. The van der Waals surface area contributed by atoms with Crippen LogP contribution >= 0.6 is 0 Å². The predicted molar refractivity (Wildman–Crippen MR) is 131 cm³/mol. The smallest absolute Gasteiger partial charge is 0.744 e. The summed E-state index contributed by atoms with van der Waals surface area (Å²) in [6.07, 6.45) is 0. The Morgan fingerprint density at radius 3 is 2.05 bits per heavy atom. The first-order valence-electron chi connectivity index (χ1n) is 10.5. The van der Waals surface area contributed by atoms with Crippen molar-refractivity contribution in [3.05, 3.63) is 36.4 Å². The van der Waals surface area contributed by atoms with Crippen molar-refractivity contribution in [2.75, 3.05) is 31.6 Å². The van der Waals surface area contributed by atoms with Crippen molar-refractivity contribution >= 4 is 53.3 Å². The van der Waals surface area contributed by atoms with Crippen LogP contribution in [-0.2, 0) is 39.3 Å². The number of azo groups is 1. The van der Waals surface area contributed by atoms with E-state index in [0.29, 0.717) is 0 Å². The van der Waals surface area contributed by atoms with Crippen LogP contribution in [0.5, 0.6) is 11.5 Å². The molecule has 212 valence electrons. The summed E-state index contributed by atoms with van der Waals surface area (Å²) in [5.41, 5.74) is 0.187. The Morgan fingerprint density at radius 1 is 0.951 bits per heavy atom. The molecule has 0 radical (unpaired) electrons. The summed E-state index contributed by atoms with van der Waals surface area (Å²) in [7, 11) is -11.6. The van der Waals surface area contributed by atoms with Crippen molar-refractivity contribution in [1.29, 1.82) is 0 Å². The van der Waals surface area contributed by atoms with Gasteiger partial charge in [-0.25, -0.2) is 25.3 Å². The molecule has 0 saturated heterocycles. The standard InChI is InChI=1S/C20H22N4O12S3.2Na/c1-12-19(22-21-15-10-18(38(28,29)30)17(35-3)11-16(15)34-2)20(25)24(23-12)13-4-6-14(7-5-13)37(26,27)9-8-36-39(31,32)33;;/h4-7,10-11,19H,8-9H2,1-3H3,(H,28,29,30)(H,31,32,33);;/q;2*+1/p-2. The first-order valence-corrected chi connectivity index (χ1v) is 14.9. The Hall–Kier alpha value is -1.49. The number of amides is 1. The minimum atomic E-state index is -5.04. The van der Waals surface area contributed by atoms with Gasteiger partial charge in [-0.15, -0.1) is 0 Å². The van der Waals surface area contributed by atoms with Gasteiger partial charge in [-0.05, 0) is 37.3 Å². The number of ether oxygens (including phenoxy) is 2. The van der Waals surface area contributed by atoms with E-state index in [1.165, 1.54) is 26.2 Å². The van der Waals surface area contributed by atoms with E-state index in [2.05, 4.69) is 19.5 Å². The van der Waals surface area contributed by atoms with Gasteiger partial charge < -0.3 is 18.6 Å². The van der Waals surface area contributed by atoms with Gasteiger partial charge in [-0.2, -0.15) is 20.3 Å². The van der Waals surface area contributed by atoms with Crippen LogP contribution in [0.3, 0.4) is 0 Å². The number of methoxy groups -OCH3 is 2. The molecular weight excluding hydrogens is 630 g/mol. The van der Waals surface area contributed by atoms with Gasteiger partial charge >= 0.3 is 59.1 Å². The summed E-state index contributed by atoms with van der Waals surface area (Å²) in [5, 5.41) is 12.9. The normalized spacial score (nSPS) is 15.7. The fourth-order valence-corrected chi connectivity index (χ4v) is 5.41. The third kappa shape index (κ3) is 9.50. The van der Waals surface area contributed by atoms with E-state index in [9.17, 15) is 39.2 Å². The number of hydrogen-bond donors (Lipinski definition) is 0. The van der Waals surface area contributed by atoms with Crippen LogP contribution in [0.25, 0.3) is 0 Å². The SMILES string of the molecule is COc1cc(OC)c(S(=O)(=O)[O-])cc1N=NC1C(=O)N(c2ccc(S(=O)(=O)CCOS(=O)(=O)[O-])cc2)N=C1C.[Na+].[Na+]. The first-order chi connectivity index (χ1) is 18.1. The van der Waals surface area contributed by atoms with Gasteiger partial charge in [0.2, 0.25) is 10.4 Å². The third-order valence-electron chi connectivity index (χ3n) is 5.13. The minimum absolute atomic E-state index is 0. The van der Waals surface area contributed by atoms with E-state index in [-0.39, 0.29) is 92.6 Å². The molecule has 1 aliphatic rings. The van der Waals surface area contributed by atoms with E-state index in [1.807, 2.05) is 0 Å². The van der Waals surface area contributed by atoms with E-state index in [4.69, 9.17) is 9.47 Å². The predicted octanol–water partition coefficient (Wildman–Crippen LogP) is -5.26. The second-order valence-corrected chi connectivity index (χ2v) is 12.2. The number of hydrazone groups is 1. The van der Waals surface area contributed by atoms with Gasteiger partial charge in [-0.1, -0.05) is 0 Å². The molecule has 0 fully saturated rings. The molecule has 0 aromatic heterocycles. The summed E-state index contributed by atoms with van der Waals surface area (Å²) in [5.74, 6) is -1.71. The van der Waals surface area contributed by atoms with E-state index >= 15 is 0 Å². The maximum Gasteiger partial charge on any atom is 1.00 e. The van der Waals surface area contributed by atoms with Crippen molar-refractivity contribution < 1.29 is 112 Å². The average molecular weight is 651 g/mol. The molecule has 1 heterocycles. The Bertz CT molecular complexity index is 1660. The molecule has 21 heteroatoms. The number of hydrogen-bond acceptors (Lipinski definition) is 15. The van der Waals surface area contributed by atoms with E-state index < -0.39 is 59.6 Å². The molecule has 16 nitrogen and oxygen atoms in total. The quantitative estimate of drug-likeness (QED) is 0.0960. The van der Waals surface area contributed by atoms with Crippen molar-refractivity contribution in [2.45, 2.75) is 22.8 Å². The second-order valence-electron chi connectivity index (χ2n) is 7.68. The molecule has 0 saturated carbocycles. The van der Waals surface area contributed by atoms with Crippen LogP contribution in [0, 0.1) is 0 Å². The number of carbonyl (C=O) groups excluding carboxylic acids is 1. The maximum absolute atomic E-state index is 13.0. The Labute approximate surface area is 280 Å². The van der Waals surface area contributed by atoms with Crippen LogP contribution in [0.1, 0.15) is 6.92 Å². The number of carbonyl (C=O) groups is 1. The molecular formula is C20H20N4Na2O12S3. The van der Waals surface area contributed by atoms with Crippen molar-refractivity contribution in [3.63, 3.8) is 0 Å². The zero-order valence-corrected chi connectivity index (χ0v) is 28.8. The number of benzene rings is 2. The number of rotatable bonds is 11. The topological polar surface area (TPSA) is 234 Å². The Morgan fingerprint density at radius 2 is 1.54 bits per heavy atom. The molecule has 0 bridgehead atoms. The van der Waals surface area contributed by atoms with Gasteiger partial charge in [0, 0.05) is 6.07 Å². The summed E-state index contributed by atoms with van der Waals surface area (Å²) in [4.78, 5) is 12.0. The van der Waals surface area contributed by atoms with Crippen LogP contribution in [0.4, 0.5) is 11.4 Å². The zero-order chi connectivity index (χ0) is 29.2. The molecule has 1 amide bonds. The summed E-state index contributed by atoms with van der Waals surface area (Å²) >= 11 is 0. The molecule has 2 aromatic rings. The molecule has 0 N–H and O–H groups in total. The van der Waals surface area contributed by atoms with Crippen LogP contribution in [-0.4, -0.2) is 78.6 Å². The molecule has 1 aliphatic heterocycles. The summed E-state index contributed by atoms with van der Waals surface area (Å²) in [6.45, 7) is 0.612. The average Bonchev–Trinajstić information content (AvgIpc) is 3.13. The number of nitrogens with zero attached hydrogens (tertiary/aromatic N) is 4. The molecule has 0 aliphatic carbocycles. The van der Waals surface area contributed by atoms with Gasteiger partial charge in [0.05, 0.1) is 47.8 Å². The monoisotopic (exact) mass is 650 g/mol. The largest absolute Gasteiger partial charge is 1.00 e. The summed E-state index contributed by atoms with van der Waals surface area (Å²) < 4.78 is 105. The molecule has 1 atom stereocenters. The van der Waals surface area contributed by atoms with Gasteiger partial charge in [0.15, 0.2) is 15.9 Å². The van der Waals surface area contributed by atoms with E-state index in [1.54, 1.807) is 0 Å². The fraction of sp³-hybridized carbons (Fsp3) is 0.300. The number of sulfone groups is 1. The van der Waals surface area contributed by atoms with Crippen LogP contribution < -0.4 is 73.6 Å². The van der Waals surface area contributed by atoms with Crippen molar-refractivity contribution in [3.8, 4) is 11.5 Å². The number of anilines is 1. The van der Waals surface area contributed by atoms with Crippen molar-refractivity contribution in [1.82, 2.24) is 0 Å². The summed E-state index contributed by atoms with van der Waals surface area (Å²) in [6, 6.07) is 5.62. The maximum atomic E-state index is 13.0. The minimum Gasteiger partial charge on any atom is -0.744 e.